The van der Waals surface area contributed by atoms with Crippen molar-refractivity contribution in [2.45, 2.75) is 52.7 Å². The zero-order valence-corrected chi connectivity index (χ0v) is 15.6. The molecule has 1 N–H and O–H groups in total. The third-order valence-corrected chi connectivity index (χ3v) is 6.30. The Morgan fingerprint density at radius 3 is 2.61 bits per heavy atom. The highest BCUT2D eigenvalue weighted by Crippen LogP contribution is 2.25. The molecule has 6 nitrogen and oxygen atoms in total. The molecule has 23 heavy (non-hydrogen) atoms. The van der Waals surface area contributed by atoms with Gasteiger partial charge in [-0.2, -0.15) is 0 Å². The number of piperidine rings is 1. The second kappa shape index (κ2) is 7.13. The van der Waals surface area contributed by atoms with Crippen molar-refractivity contribution >= 4 is 15.8 Å². The van der Waals surface area contributed by atoms with E-state index in [4.69, 9.17) is 0 Å². The quantitative estimate of drug-likeness (QED) is 0.887. The van der Waals surface area contributed by atoms with E-state index in [0.29, 0.717) is 12.5 Å². The van der Waals surface area contributed by atoms with Gasteiger partial charge < -0.3 is 4.90 Å². The molecule has 0 unspecified atom stereocenters. The maximum atomic E-state index is 11.9. The van der Waals surface area contributed by atoms with Crippen LogP contribution in [-0.2, 0) is 10.0 Å². The Hall–Kier alpha value is -1.21. The lowest BCUT2D eigenvalue weighted by atomic mass is 9.98. The lowest BCUT2D eigenvalue weighted by Gasteiger charge is -2.34. The van der Waals surface area contributed by atoms with Crippen LogP contribution in [0.25, 0.3) is 0 Å². The zero-order valence-electron chi connectivity index (χ0n) is 14.8. The second-order valence-corrected chi connectivity index (χ2v) is 9.02. The number of aromatic nitrogens is 2. The van der Waals surface area contributed by atoms with E-state index in [9.17, 15) is 8.42 Å². The van der Waals surface area contributed by atoms with Gasteiger partial charge >= 0.3 is 0 Å². The number of nitrogens with zero attached hydrogens (tertiary/aromatic N) is 3. The SMILES string of the molecule is Cc1nc(C)c(C)c(N2CCC[C@@H](CNS(=O)(=O)C(C)C)C2)n1. The minimum atomic E-state index is -3.20. The molecule has 2 heterocycles. The van der Waals surface area contributed by atoms with E-state index >= 15 is 0 Å². The number of nitrogens with one attached hydrogen (secondary N) is 1. The second-order valence-electron chi connectivity index (χ2n) is 6.70. The van der Waals surface area contributed by atoms with E-state index in [-0.39, 0.29) is 0 Å². The summed E-state index contributed by atoms with van der Waals surface area (Å²) >= 11 is 0. The summed E-state index contributed by atoms with van der Waals surface area (Å²) in [4.78, 5) is 11.3. The van der Waals surface area contributed by atoms with E-state index in [1.54, 1.807) is 13.8 Å². The van der Waals surface area contributed by atoms with Crippen LogP contribution in [0.4, 0.5) is 5.82 Å². The lowest BCUT2D eigenvalue weighted by Crippen LogP contribution is -2.43. The maximum Gasteiger partial charge on any atom is 0.213 e. The molecular weight excluding hydrogens is 312 g/mol. The van der Waals surface area contributed by atoms with Crippen molar-refractivity contribution in [1.29, 1.82) is 0 Å². The molecule has 0 radical (unpaired) electrons. The number of sulfonamides is 1. The van der Waals surface area contributed by atoms with Gasteiger partial charge in [0.2, 0.25) is 10.0 Å². The molecule has 1 fully saturated rings. The van der Waals surface area contributed by atoms with Crippen molar-refractivity contribution < 1.29 is 8.42 Å². The van der Waals surface area contributed by atoms with E-state index in [1.165, 1.54) is 0 Å². The summed E-state index contributed by atoms with van der Waals surface area (Å²) < 4.78 is 26.6. The van der Waals surface area contributed by atoms with Crippen LogP contribution in [0.2, 0.25) is 0 Å². The first-order valence-electron chi connectivity index (χ1n) is 8.26. The smallest absolute Gasteiger partial charge is 0.213 e. The average Bonchev–Trinajstić information content (AvgIpc) is 2.49. The van der Waals surface area contributed by atoms with E-state index in [1.807, 2.05) is 13.8 Å². The molecule has 0 bridgehead atoms. The molecule has 1 aliphatic rings. The maximum absolute atomic E-state index is 11.9. The van der Waals surface area contributed by atoms with Gasteiger partial charge in [0.1, 0.15) is 11.6 Å². The highest BCUT2D eigenvalue weighted by molar-refractivity contribution is 7.90. The fourth-order valence-corrected chi connectivity index (χ4v) is 3.68. The highest BCUT2D eigenvalue weighted by Gasteiger charge is 2.25. The molecule has 1 saturated heterocycles. The Balaban J connectivity index is 2.07. The van der Waals surface area contributed by atoms with Crippen molar-refractivity contribution in [3.05, 3.63) is 17.1 Å². The van der Waals surface area contributed by atoms with Crippen molar-refractivity contribution in [1.82, 2.24) is 14.7 Å². The van der Waals surface area contributed by atoms with Crippen LogP contribution in [0, 0.1) is 26.7 Å². The van der Waals surface area contributed by atoms with Gasteiger partial charge in [0, 0.05) is 30.9 Å². The molecule has 1 atom stereocenters. The van der Waals surface area contributed by atoms with E-state index in [2.05, 4.69) is 26.5 Å². The van der Waals surface area contributed by atoms with Crippen LogP contribution in [0.3, 0.4) is 0 Å². The number of anilines is 1. The Labute approximate surface area is 139 Å². The van der Waals surface area contributed by atoms with E-state index in [0.717, 1.165) is 48.8 Å². The summed E-state index contributed by atoms with van der Waals surface area (Å²) in [5.41, 5.74) is 2.12. The Morgan fingerprint density at radius 2 is 1.96 bits per heavy atom. The first-order valence-corrected chi connectivity index (χ1v) is 9.80. The normalized spacial score (nSPS) is 19.4. The standard InChI is InChI=1S/C16H28N4O2S/c1-11(2)23(21,22)17-9-15-7-6-8-20(10-15)16-12(3)13(4)18-14(5)19-16/h11,15,17H,6-10H2,1-5H3/t15-/m0/s1. The van der Waals surface area contributed by atoms with Gasteiger partial charge in [-0.15, -0.1) is 0 Å². The summed E-state index contributed by atoms with van der Waals surface area (Å²) in [5, 5.41) is -0.392. The highest BCUT2D eigenvalue weighted by atomic mass is 32.2. The minimum absolute atomic E-state index is 0.312. The molecule has 0 aliphatic carbocycles. The fraction of sp³-hybridized carbons (Fsp3) is 0.750. The fourth-order valence-electron chi connectivity index (χ4n) is 2.88. The number of hydrogen-bond donors (Lipinski definition) is 1. The Morgan fingerprint density at radius 1 is 1.26 bits per heavy atom. The average molecular weight is 340 g/mol. The van der Waals surface area contributed by atoms with Crippen LogP contribution < -0.4 is 9.62 Å². The molecule has 1 aliphatic heterocycles. The molecule has 130 valence electrons. The van der Waals surface area contributed by atoms with Gasteiger partial charge in [-0.25, -0.2) is 23.1 Å². The van der Waals surface area contributed by atoms with Crippen molar-refractivity contribution in [3.63, 3.8) is 0 Å². The van der Waals surface area contributed by atoms with Gasteiger partial charge in [-0.05, 0) is 53.4 Å². The predicted octanol–water partition coefficient (Wildman–Crippen LogP) is 1.95. The largest absolute Gasteiger partial charge is 0.356 e. The Kier molecular flexibility index (Phi) is 5.62. The van der Waals surface area contributed by atoms with Crippen LogP contribution in [0.1, 0.15) is 43.8 Å². The van der Waals surface area contributed by atoms with Crippen molar-refractivity contribution in [2.24, 2.45) is 5.92 Å². The first-order chi connectivity index (χ1) is 10.7. The molecule has 0 spiro atoms. The van der Waals surface area contributed by atoms with Gasteiger partial charge in [-0.1, -0.05) is 0 Å². The van der Waals surface area contributed by atoms with Gasteiger partial charge in [0.05, 0.1) is 5.25 Å². The summed E-state index contributed by atoms with van der Waals surface area (Å²) in [7, 11) is -3.20. The third kappa shape index (κ3) is 4.41. The summed E-state index contributed by atoms with van der Waals surface area (Å²) in [6.07, 6.45) is 2.09. The zero-order chi connectivity index (χ0) is 17.2. The number of aryl methyl sites for hydroxylation is 2. The monoisotopic (exact) mass is 340 g/mol. The van der Waals surface area contributed by atoms with Crippen LogP contribution >= 0.6 is 0 Å². The molecule has 0 amide bonds. The topological polar surface area (TPSA) is 75.2 Å². The summed E-state index contributed by atoms with van der Waals surface area (Å²) in [5.74, 6) is 2.09. The summed E-state index contributed by atoms with van der Waals surface area (Å²) in [6.45, 7) is 11.7. The number of rotatable bonds is 5. The van der Waals surface area contributed by atoms with Gasteiger partial charge in [-0.3, -0.25) is 0 Å². The van der Waals surface area contributed by atoms with Crippen molar-refractivity contribution in [2.75, 3.05) is 24.5 Å². The predicted molar refractivity (Wildman–Crippen MR) is 93.2 cm³/mol. The van der Waals surface area contributed by atoms with Crippen LogP contribution in [0.5, 0.6) is 0 Å². The first kappa shape index (κ1) is 18.1. The Bertz CT molecular complexity index is 658. The van der Waals surface area contributed by atoms with Crippen LogP contribution in [-0.4, -0.2) is 43.3 Å². The molecule has 1 aromatic rings. The summed E-state index contributed by atoms with van der Waals surface area (Å²) in [6, 6.07) is 0. The molecule has 7 heteroatoms. The molecule has 2 rings (SSSR count). The van der Waals surface area contributed by atoms with E-state index < -0.39 is 15.3 Å². The minimum Gasteiger partial charge on any atom is -0.356 e. The number of hydrogen-bond acceptors (Lipinski definition) is 5. The van der Waals surface area contributed by atoms with Gasteiger partial charge in [0.15, 0.2) is 0 Å². The van der Waals surface area contributed by atoms with Crippen LogP contribution in [0.15, 0.2) is 0 Å². The molecule has 0 saturated carbocycles. The molecule has 0 aromatic carbocycles. The lowest BCUT2D eigenvalue weighted by molar-refractivity contribution is 0.408. The third-order valence-electron chi connectivity index (χ3n) is 4.49. The molecular formula is C16H28N4O2S. The van der Waals surface area contributed by atoms with Crippen molar-refractivity contribution in [3.8, 4) is 0 Å². The molecule has 1 aromatic heterocycles. The van der Waals surface area contributed by atoms with Gasteiger partial charge in [0.25, 0.3) is 0 Å².